The van der Waals surface area contributed by atoms with Gasteiger partial charge in [-0.3, -0.25) is 4.57 Å². The van der Waals surface area contributed by atoms with Gasteiger partial charge in [-0.2, -0.15) is 0 Å². The normalized spacial score (nSPS) is 14.1. The van der Waals surface area contributed by atoms with E-state index in [2.05, 4.69) is 0 Å². The molecule has 0 aliphatic carbocycles. The summed E-state index contributed by atoms with van der Waals surface area (Å²) in [7, 11) is -3.21. The van der Waals surface area contributed by atoms with Gasteiger partial charge in [-0.05, 0) is 25.3 Å². The third-order valence-corrected chi connectivity index (χ3v) is 5.12. The van der Waals surface area contributed by atoms with E-state index in [1.807, 2.05) is 17.5 Å². The van der Waals surface area contributed by atoms with Gasteiger partial charge in [0, 0.05) is 4.88 Å². The zero-order valence-electron chi connectivity index (χ0n) is 8.88. The van der Waals surface area contributed by atoms with Gasteiger partial charge in [-0.1, -0.05) is 6.07 Å². The third-order valence-electron chi connectivity index (χ3n) is 1.79. The summed E-state index contributed by atoms with van der Waals surface area (Å²) in [5.74, 6) is -0.683. The summed E-state index contributed by atoms with van der Waals surface area (Å²) in [5, 5.41) is 1.89. The van der Waals surface area contributed by atoms with Gasteiger partial charge >= 0.3 is 7.60 Å². The van der Waals surface area contributed by atoms with Gasteiger partial charge in [0.1, 0.15) is 5.78 Å². The molecule has 0 amide bonds. The Morgan fingerprint density at radius 3 is 2.47 bits per heavy atom. The predicted octanol–water partition coefficient (Wildman–Crippen LogP) is 2.97. The van der Waals surface area contributed by atoms with E-state index in [4.69, 9.17) is 14.8 Å². The molecule has 0 bridgehead atoms. The van der Waals surface area contributed by atoms with E-state index < -0.39 is 13.4 Å². The predicted molar refractivity (Wildman–Crippen MR) is 62.1 cm³/mol. The van der Waals surface area contributed by atoms with Crippen molar-refractivity contribution in [1.29, 1.82) is 0 Å². The van der Waals surface area contributed by atoms with Crippen LogP contribution < -0.4 is 5.73 Å². The second-order valence-corrected chi connectivity index (χ2v) is 5.97. The number of rotatable bonds is 6. The van der Waals surface area contributed by atoms with Gasteiger partial charge in [-0.25, -0.2) is 0 Å². The standard InChI is InChI=1S/C9H16NO3PS/c1-3-12-14(11,13-4-2)9(10)8-6-5-7-15-8/h5-7,9H,3-4,10H2,1-2H3/t9-/m1/s1. The van der Waals surface area contributed by atoms with Crippen molar-refractivity contribution in [1.82, 2.24) is 0 Å². The van der Waals surface area contributed by atoms with E-state index >= 15 is 0 Å². The Hall–Kier alpha value is -0.190. The smallest absolute Gasteiger partial charge is 0.313 e. The Kier molecular flexibility index (Phi) is 4.96. The molecule has 0 aliphatic rings. The second kappa shape index (κ2) is 5.77. The Morgan fingerprint density at radius 2 is 2.07 bits per heavy atom. The van der Waals surface area contributed by atoms with E-state index in [1.54, 1.807) is 13.8 Å². The van der Waals surface area contributed by atoms with Crippen molar-refractivity contribution in [3.63, 3.8) is 0 Å². The molecule has 15 heavy (non-hydrogen) atoms. The van der Waals surface area contributed by atoms with Crippen LogP contribution in [0.15, 0.2) is 17.5 Å². The minimum absolute atomic E-state index is 0.330. The Balaban J connectivity index is 2.84. The molecular formula is C9H16NO3PS. The zero-order valence-corrected chi connectivity index (χ0v) is 10.6. The minimum Gasteiger partial charge on any atom is -0.313 e. The highest BCUT2D eigenvalue weighted by Gasteiger charge is 2.34. The molecule has 1 atom stereocenters. The van der Waals surface area contributed by atoms with Gasteiger partial charge in [0.05, 0.1) is 13.2 Å². The molecule has 1 heterocycles. The zero-order chi connectivity index (χ0) is 11.3. The maximum atomic E-state index is 12.2. The van der Waals surface area contributed by atoms with Crippen LogP contribution in [-0.2, 0) is 13.6 Å². The van der Waals surface area contributed by atoms with Crippen molar-refractivity contribution in [2.75, 3.05) is 13.2 Å². The van der Waals surface area contributed by atoms with E-state index in [1.165, 1.54) is 11.3 Å². The highest BCUT2D eigenvalue weighted by Crippen LogP contribution is 2.58. The van der Waals surface area contributed by atoms with Crippen molar-refractivity contribution >= 4 is 18.9 Å². The molecule has 0 unspecified atom stereocenters. The van der Waals surface area contributed by atoms with Crippen LogP contribution in [0.5, 0.6) is 0 Å². The molecule has 6 heteroatoms. The van der Waals surface area contributed by atoms with Crippen LogP contribution in [-0.4, -0.2) is 13.2 Å². The van der Waals surface area contributed by atoms with Gasteiger partial charge in [0.15, 0.2) is 0 Å². The average molecular weight is 249 g/mol. The number of nitrogens with two attached hydrogens (primary N) is 1. The van der Waals surface area contributed by atoms with Crippen LogP contribution in [0.2, 0.25) is 0 Å². The van der Waals surface area contributed by atoms with Crippen LogP contribution in [0.1, 0.15) is 24.5 Å². The molecule has 1 rings (SSSR count). The molecule has 0 fully saturated rings. The van der Waals surface area contributed by atoms with Crippen LogP contribution in [0.3, 0.4) is 0 Å². The lowest BCUT2D eigenvalue weighted by Gasteiger charge is -2.22. The van der Waals surface area contributed by atoms with Crippen molar-refractivity contribution in [2.45, 2.75) is 19.6 Å². The first-order valence-corrected chi connectivity index (χ1v) is 7.31. The van der Waals surface area contributed by atoms with E-state index in [0.717, 1.165) is 4.88 Å². The van der Waals surface area contributed by atoms with Crippen LogP contribution in [0, 0.1) is 0 Å². The molecule has 0 saturated heterocycles. The molecule has 0 saturated carbocycles. The summed E-state index contributed by atoms with van der Waals surface area (Å²) in [4.78, 5) is 0.820. The van der Waals surface area contributed by atoms with Gasteiger partial charge in [0.2, 0.25) is 0 Å². The Labute approximate surface area is 93.9 Å². The van der Waals surface area contributed by atoms with E-state index in [9.17, 15) is 4.57 Å². The maximum Gasteiger partial charge on any atom is 0.352 e. The lowest BCUT2D eigenvalue weighted by Crippen LogP contribution is -2.13. The number of hydrogen-bond donors (Lipinski definition) is 1. The van der Waals surface area contributed by atoms with E-state index in [-0.39, 0.29) is 0 Å². The Morgan fingerprint density at radius 1 is 1.47 bits per heavy atom. The lowest BCUT2D eigenvalue weighted by atomic mass is 10.5. The second-order valence-electron chi connectivity index (χ2n) is 2.84. The first kappa shape index (κ1) is 12.9. The average Bonchev–Trinajstić information content (AvgIpc) is 2.70. The molecule has 0 radical (unpaired) electrons. The summed E-state index contributed by atoms with van der Waals surface area (Å²) in [6, 6.07) is 3.70. The lowest BCUT2D eigenvalue weighted by molar-refractivity contribution is 0.212. The fourth-order valence-corrected chi connectivity index (χ4v) is 3.87. The van der Waals surface area contributed by atoms with Crippen LogP contribution in [0.4, 0.5) is 0 Å². The first-order valence-electron chi connectivity index (χ1n) is 4.81. The molecule has 0 spiro atoms. The first-order chi connectivity index (χ1) is 7.14. The fraction of sp³-hybridized carbons (Fsp3) is 0.556. The summed E-state index contributed by atoms with van der Waals surface area (Å²) in [6.07, 6.45) is 0. The number of thiophene rings is 1. The summed E-state index contributed by atoms with van der Waals surface area (Å²) in [5.41, 5.74) is 5.89. The molecule has 4 nitrogen and oxygen atoms in total. The maximum absolute atomic E-state index is 12.2. The molecule has 86 valence electrons. The third kappa shape index (κ3) is 3.13. The summed E-state index contributed by atoms with van der Waals surface area (Å²) < 4.78 is 22.6. The molecular weight excluding hydrogens is 233 g/mol. The van der Waals surface area contributed by atoms with Crippen molar-refractivity contribution < 1.29 is 13.6 Å². The van der Waals surface area contributed by atoms with Crippen molar-refractivity contribution in [2.24, 2.45) is 5.73 Å². The topological polar surface area (TPSA) is 61.5 Å². The fourth-order valence-electron chi connectivity index (χ4n) is 1.17. The molecule has 2 N–H and O–H groups in total. The van der Waals surface area contributed by atoms with Crippen molar-refractivity contribution in [3.8, 4) is 0 Å². The van der Waals surface area contributed by atoms with Gasteiger partial charge in [0.25, 0.3) is 0 Å². The quantitative estimate of drug-likeness (QED) is 0.787. The largest absolute Gasteiger partial charge is 0.352 e. The molecule has 1 aromatic rings. The monoisotopic (exact) mass is 249 g/mol. The van der Waals surface area contributed by atoms with Crippen LogP contribution in [0.25, 0.3) is 0 Å². The molecule has 0 aromatic carbocycles. The molecule has 1 aromatic heterocycles. The van der Waals surface area contributed by atoms with E-state index in [0.29, 0.717) is 13.2 Å². The minimum atomic E-state index is -3.21. The number of hydrogen-bond acceptors (Lipinski definition) is 5. The molecule has 0 aliphatic heterocycles. The van der Waals surface area contributed by atoms with Crippen LogP contribution >= 0.6 is 18.9 Å². The van der Waals surface area contributed by atoms with Crippen molar-refractivity contribution in [3.05, 3.63) is 22.4 Å². The van der Waals surface area contributed by atoms with Gasteiger partial charge in [-0.15, -0.1) is 11.3 Å². The Bertz CT molecular complexity index is 318. The van der Waals surface area contributed by atoms with Gasteiger partial charge < -0.3 is 14.8 Å². The highest BCUT2D eigenvalue weighted by molar-refractivity contribution is 7.54. The summed E-state index contributed by atoms with van der Waals surface area (Å²) in [6.45, 7) is 4.20. The SMILES string of the molecule is CCOP(=O)(OCC)[C@@H](N)c1cccs1. The highest BCUT2D eigenvalue weighted by atomic mass is 32.1. The summed E-state index contributed by atoms with van der Waals surface area (Å²) >= 11 is 1.45.